The summed E-state index contributed by atoms with van der Waals surface area (Å²) in [7, 11) is 1.90. The average molecular weight is 229 g/mol. The highest BCUT2D eigenvalue weighted by molar-refractivity contribution is 5.35. The van der Waals surface area contributed by atoms with Gasteiger partial charge in [0.05, 0.1) is 0 Å². The Bertz CT molecular complexity index is 500. The molecule has 4 heteroatoms. The summed E-state index contributed by atoms with van der Waals surface area (Å²) in [5, 5.41) is 3.10. The third-order valence-electron chi connectivity index (χ3n) is 2.31. The Balaban J connectivity index is 2.23. The molecule has 0 spiro atoms. The number of rotatable bonds is 4. The highest BCUT2D eigenvalue weighted by Crippen LogP contribution is 2.22. The maximum absolute atomic E-state index is 5.68. The molecule has 4 nitrogen and oxygen atoms in total. The molecule has 1 heterocycles. The number of hydrogen-bond donors (Lipinski definition) is 1. The second kappa shape index (κ2) is 5.41. The van der Waals surface area contributed by atoms with Crippen molar-refractivity contribution in [2.75, 3.05) is 7.05 Å². The number of ether oxygens (including phenoxy) is 1. The van der Waals surface area contributed by atoms with Gasteiger partial charge in [0, 0.05) is 24.0 Å². The van der Waals surface area contributed by atoms with Crippen LogP contribution in [0.1, 0.15) is 11.3 Å². The Morgan fingerprint density at radius 3 is 2.82 bits per heavy atom. The zero-order valence-corrected chi connectivity index (χ0v) is 9.97. The molecule has 1 N–H and O–H groups in total. The van der Waals surface area contributed by atoms with Gasteiger partial charge in [0.1, 0.15) is 5.75 Å². The van der Waals surface area contributed by atoms with Gasteiger partial charge in [-0.1, -0.05) is 18.2 Å². The molecule has 0 amide bonds. The van der Waals surface area contributed by atoms with Crippen LogP contribution in [0, 0.1) is 6.92 Å². The molecule has 1 aromatic heterocycles. The number of aromatic nitrogens is 2. The Morgan fingerprint density at radius 2 is 2.06 bits per heavy atom. The summed E-state index contributed by atoms with van der Waals surface area (Å²) in [4.78, 5) is 8.30. The lowest BCUT2D eigenvalue weighted by atomic mass is 10.2. The molecule has 0 unspecified atom stereocenters. The van der Waals surface area contributed by atoms with Crippen molar-refractivity contribution < 1.29 is 4.74 Å². The van der Waals surface area contributed by atoms with E-state index in [2.05, 4.69) is 15.3 Å². The lowest BCUT2D eigenvalue weighted by Crippen LogP contribution is -2.06. The fourth-order valence-corrected chi connectivity index (χ4v) is 1.51. The lowest BCUT2D eigenvalue weighted by molar-refractivity contribution is 0.434. The minimum Gasteiger partial charge on any atom is -0.424 e. The van der Waals surface area contributed by atoms with Crippen LogP contribution in [0.5, 0.6) is 11.8 Å². The van der Waals surface area contributed by atoms with Gasteiger partial charge in [0.25, 0.3) is 0 Å². The van der Waals surface area contributed by atoms with E-state index in [9.17, 15) is 0 Å². The van der Waals surface area contributed by atoms with Crippen molar-refractivity contribution in [3.63, 3.8) is 0 Å². The van der Waals surface area contributed by atoms with E-state index in [1.807, 2.05) is 44.3 Å². The van der Waals surface area contributed by atoms with Crippen molar-refractivity contribution in [1.82, 2.24) is 15.3 Å². The molecule has 0 radical (unpaired) electrons. The molecule has 88 valence electrons. The first-order valence-corrected chi connectivity index (χ1v) is 5.49. The van der Waals surface area contributed by atoms with Crippen molar-refractivity contribution in [1.29, 1.82) is 0 Å². The van der Waals surface area contributed by atoms with Gasteiger partial charge in [-0.05, 0) is 26.1 Å². The number of nitrogens with zero attached hydrogens (tertiary/aromatic N) is 2. The van der Waals surface area contributed by atoms with Crippen molar-refractivity contribution in [2.24, 2.45) is 0 Å². The van der Waals surface area contributed by atoms with Crippen LogP contribution in [-0.2, 0) is 6.54 Å². The lowest BCUT2D eigenvalue weighted by Gasteiger charge is -2.09. The van der Waals surface area contributed by atoms with Gasteiger partial charge in [-0.2, -0.15) is 0 Å². The summed E-state index contributed by atoms with van der Waals surface area (Å²) in [6.07, 6.45) is 1.69. The molecule has 0 aliphatic heterocycles. The van der Waals surface area contributed by atoms with Gasteiger partial charge >= 0.3 is 6.01 Å². The molecule has 0 aliphatic rings. The van der Waals surface area contributed by atoms with Crippen LogP contribution in [0.25, 0.3) is 0 Å². The number of aryl methyl sites for hydroxylation is 1. The molecule has 0 saturated heterocycles. The van der Waals surface area contributed by atoms with Crippen molar-refractivity contribution in [2.45, 2.75) is 13.5 Å². The first kappa shape index (κ1) is 11.5. The van der Waals surface area contributed by atoms with Gasteiger partial charge in [0.2, 0.25) is 0 Å². The van der Waals surface area contributed by atoms with E-state index in [0.717, 1.165) is 23.6 Å². The Hall–Kier alpha value is -1.94. The molecular weight excluding hydrogens is 214 g/mol. The average Bonchev–Trinajstić information content (AvgIpc) is 2.32. The molecule has 0 fully saturated rings. The third kappa shape index (κ3) is 3.01. The van der Waals surface area contributed by atoms with E-state index >= 15 is 0 Å². The third-order valence-corrected chi connectivity index (χ3v) is 2.31. The monoisotopic (exact) mass is 229 g/mol. The second-order valence-electron chi connectivity index (χ2n) is 3.72. The minimum atomic E-state index is 0.383. The van der Waals surface area contributed by atoms with Gasteiger partial charge < -0.3 is 10.1 Å². The van der Waals surface area contributed by atoms with Crippen LogP contribution in [0.3, 0.4) is 0 Å². The maximum Gasteiger partial charge on any atom is 0.322 e. The summed E-state index contributed by atoms with van der Waals surface area (Å²) in [5.41, 5.74) is 1.97. The van der Waals surface area contributed by atoms with E-state index in [1.165, 1.54) is 0 Å². The van der Waals surface area contributed by atoms with E-state index in [4.69, 9.17) is 4.74 Å². The number of benzene rings is 1. The van der Waals surface area contributed by atoms with Gasteiger partial charge in [-0.15, -0.1) is 0 Å². The molecule has 0 bridgehead atoms. The van der Waals surface area contributed by atoms with Gasteiger partial charge in [-0.3, -0.25) is 0 Å². The highest BCUT2D eigenvalue weighted by atomic mass is 16.5. The zero-order valence-electron chi connectivity index (χ0n) is 9.97. The van der Waals surface area contributed by atoms with Gasteiger partial charge in [-0.25, -0.2) is 9.97 Å². The Kier molecular flexibility index (Phi) is 3.67. The first-order valence-electron chi connectivity index (χ1n) is 5.49. The molecule has 0 atom stereocenters. The maximum atomic E-state index is 5.68. The van der Waals surface area contributed by atoms with Crippen LogP contribution < -0.4 is 10.1 Å². The molecular formula is C13H15N3O. The van der Waals surface area contributed by atoms with Crippen LogP contribution >= 0.6 is 0 Å². The number of para-hydroxylation sites is 1. The largest absolute Gasteiger partial charge is 0.424 e. The van der Waals surface area contributed by atoms with Crippen LogP contribution in [-0.4, -0.2) is 17.0 Å². The van der Waals surface area contributed by atoms with Crippen molar-refractivity contribution in [3.05, 3.63) is 47.8 Å². The molecule has 2 rings (SSSR count). The molecule has 17 heavy (non-hydrogen) atoms. The molecule has 1 aromatic carbocycles. The normalized spacial score (nSPS) is 10.2. The summed E-state index contributed by atoms with van der Waals surface area (Å²) < 4.78 is 5.68. The van der Waals surface area contributed by atoms with E-state index < -0.39 is 0 Å². The second-order valence-corrected chi connectivity index (χ2v) is 3.72. The summed E-state index contributed by atoms with van der Waals surface area (Å²) in [6, 6.07) is 10.1. The zero-order chi connectivity index (χ0) is 12.1. The number of nitrogens with one attached hydrogen (secondary N) is 1. The van der Waals surface area contributed by atoms with Crippen LogP contribution in [0.4, 0.5) is 0 Å². The van der Waals surface area contributed by atoms with E-state index in [0.29, 0.717) is 6.01 Å². The molecule has 2 aromatic rings. The predicted molar refractivity (Wildman–Crippen MR) is 66.0 cm³/mol. The van der Waals surface area contributed by atoms with E-state index in [-0.39, 0.29) is 0 Å². The van der Waals surface area contributed by atoms with Gasteiger partial charge in [0.15, 0.2) is 0 Å². The summed E-state index contributed by atoms with van der Waals surface area (Å²) >= 11 is 0. The standard InChI is InChI=1S/C13H15N3O/c1-10-7-8-15-13(16-10)17-12-6-4-3-5-11(12)9-14-2/h3-8,14H,9H2,1-2H3. The van der Waals surface area contributed by atoms with E-state index in [1.54, 1.807) is 6.20 Å². The molecule has 0 aliphatic carbocycles. The Labute approximate surface area is 101 Å². The predicted octanol–water partition coefficient (Wildman–Crippen LogP) is 2.30. The minimum absolute atomic E-state index is 0.383. The fourth-order valence-electron chi connectivity index (χ4n) is 1.51. The highest BCUT2D eigenvalue weighted by Gasteiger charge is 2.05. The van der Waals surface area contributed by atoms with Crippen LogP contribution in [0.2, 0.25) is 0 Å². The quantitative estimate of drug-likeness (QED) is 0.873. The smallest absolute Gasteiger partial charge is 0.322 e. The fraction of sp³-hybridized carbons (Fsp3) is 0.231. The van der Waals surface area contributed by atoms with Crippen molar-refractivity contribution >= 4 is 0 Å². The van der Waals surface area contributed by atoms with Crippen molar-refractivity contribution in [3.8, 4) is 11.8 Å². The summed E-state index contributed by atoms with van der Waals surface area (Å²) in [5.74, 6) is 0.785. The summed E-state index contributed by atoms with van der Waals surface area (Å²) in [6.45, 7) is 2.66. The number of hydrogen-bond acceptors (Lipinski definition) is 4. The molecule has 0 saturated carbocycles. The SMILES string of the molecule is CNCc1ccccc1Oc1nccc(C)n1. The topological polar surface area (TPSA) is 47.0 Å². The first-order chi connectivity index (χ1) is 8.29. The Morgan fingerprint density at radius 1 is 1.24 bits per heavy atom. The van der Waals surface area contributed by atoms with Crippen LogP contribution in [0.15, 0.2) is 36.5 Å².